The van der Waals surface area contributed by atoms with Crippen molar-refractivity contribution in [1.29, 1.82) is 0 Å². The number of carbonyl (C=O) groups is 1. The lowest BCUT2D eigenvalue weighted by molar-refractivity contribution is -0.123. The van der Waals surface area contributed by atoms with Gasteiger partial charge >= 0.3 is 0 Å². The highest BCUT2D eigenvalue weighted by Gasteiger charge is 2.18. The Morgan fingerprint density at radius 2 is 0.568 bits per heavy atom. The number of hydrogen-bond donors (Lipinski definition) is 3. The van der Waals surface area contributed by atoms with Gasteiger partial charge in [-0.1, -0.05) is 344 Å². The molecule has 0 aliphatic carbocycles. The number of unbranched alkanes of at least 4 members (excludes halogenated alkanes) is 47. The summed E-state index contributed by atoms with van der Waals surface area (Å²) >= 11 is 0. The van der Waals surface area contributed by atoms with Crippen molar-refractivity contribution >= 4 is 5.91 Å². The van der Waals surface area contributed by atoms with Crippen molar-refractivity contribution < 1.29 is 15.0 Å². The van der Waals surface area contributed by atoms with Crippen LogP contribution in [0.4, 0.5) is 0 Å². The molecule has 0 radical (unpaired) electrons. The molecule has 2 unspecified atom stereocenters. The SMILES string of the molecule is CCCCCCC/C=C\C/C=C\C/C=C\CCCCCCCCCCCCCCCCCCCCCCCCCCCCC(=O)NC(CO)C(O)/C=C/CC/C=C/CCCCCCCCCCCCCCCCC. The molecular formula is C70H131NO3. The lowest BCUT2D eigenvalue weighted by Crippen LogP contribution is -2.45. The third-order valence-corrected chi connectivity index (χ3v) is 15.5. The molecule has 0 saturated heterocycles. The third kappa shape index (κ3) is 60.9. The Morgan fingerprint density at radius 1 is 0.324 bits per heavy atom. The fraction of sp³-hybridized carbons (Fsp3) is 0.843. The second kappa shape index (κ2) is 65.4. The molecule has 4 nitrogen and oxygen atoms in total. The van der Waals surface area contributed by atoms with Crippen LogP contribution >= 0.6 is 0 Å². The van der Waals surface area contributed by atoms with Crippen LogP contribution in [0, 0.1) is 0 Å². The number of aliphatic hydroxyl groups is 2. The van der Waals surface area contributed by atoms with Gasteiger partial charge in [-0.15, -0.1) is 0 Å². The van der Waals surface area contributed by atoms with Crippen LogP contribution < -0.4 is 5.32 Å². The Labute approximate surface area is 464 Å². The highest BCUT2D eigenvalue weighted by Crippen LogP contribution is 2.18. The molecular weight excluding hydrogens is 903 g/mol. The fourth-order valence-corrected chi connectivity index (χ4v) is 10.4. The molecule has 0 aliphatic rings. The first-order valence-electron chi connectivity index (χ1n) is 33.5. The van der Waals surface area contributed by atoms with Gasteiger partial charge < -0.3 is 15.5 Å². The predicted molar refractivity (Wildman–Crippen MR) is 331 cm³/mol. The zero-order valence-corrected chi connectivity index (χ0v) is 50.1. The normalized spacial score (nSPS) is 13.1. The molecule has 0 bridgehead atoms. The predicted octanol–water partition coefficient (Wildman–Crippen LogP) is 22.7. The van der Waals surface area contributed by atoms with Gasteiger partial charge in [0.05, 0.1) is 18.8 Å². The zero-order valence-electron chi connectivity index (χ0n) is 50.1. The number of nitrogens with one attached hydrogen (secondary N) is 1. The van der Waals surface area contributed by atoms with Gasteiger partial charge in [0.15, 0.2) is 0 Å². The van der Waals surface area contributed by atoms with E-state index in [1.165, 1.54) is 295 Å². The Morgan fingerprint density at radius 3 is 0.878 bits per heavy atom. The lowest BCUT2D eigenvalue weighted by Gasteiger charge is -2.19. The molecule has 3 N–H and O–H groups in total. The van der Waals surface area contributed by atoms with Crippen LogP contribution in [0.5, 0.6) is 0 Å². The van der Waals surface area contributed by atoms with Crippen LogP contribution in [0.25, 0.3) is 0 Å². The Balaban J connectivity index is 3.43. The molecule has 74 heavy (non-hydrogen) atoms. The van der Waals surface area contributed by atoms with E-state index in [1.807, 2.05) is 6.08 Å². The summed E-state index contributed by atoms with van der Waals surface area (Å²) in [5, 5.41) is 23.2. The summed E-state index contributed by atoms with van der Waals surface area (Å²) in [5.74, 6) is -0.0675. The summed E-state index contributed by atoms with van der Waals surface area (Å²) in [5.41, 5.74) is 0. The van der Waals surface area contributed by atoms with Crippen LogP contribution in [-0.4, -0.2) is 34.9 Å². The summed E-state index contributed by atoms with van der Waals surface area (Å²) < 4.78 is 0. The first-order valence-corrected chi connectivity index (χ1v) is 33.5. The van der Waals surface area contributed by atoms with Gasteiger partial charge in [0.2, 0.25) is 5.91 Å². The topological polar surface area (TPSA) is 69.6 Å². The summed E-state index contributed by atoms with van der Waals surface area (Å²) in [6.07, 6.45) is 93.0. The minimum absolute atomic E-state index is 0.0675. The molecule has 0 spiro atoms. The summed E-state index contributed by atoms with van der Waals surface area (Å²) in [6, 6.07) is -0.640. The minimum atomic E-state index is -0.863. The van der Waals surface area contributed by atoms with Crippen molar-refractivity contribution in [2.45, 2.75) is 373 Å². The van der Waals surface area contributed by atoms with E-state index in [1.54, 1.807) is 6.08 Å². The zero-order chi connectivity index (χ0) is 53.4. The number of hydrogen-bond acceptors (Lipinski definition) is 3. The van der Waals surface area contributed by atoms with Crippen molar-refractivity contribution in [1.82, 2.24) is 5.32 Å². The van der Waals surface area contributed by atoms with Crippen molar-refractivity contribution in [3.05, 3.63) is 60.8 Å². The fourth-order valence-electron chi connectivity index (χ4n) is 10.4. The van der Waals surface area contributed by atoms with Gasteiger partial charge in [0, 0.05) is 6.42 Å². The van der Waals surface area contributed by atoms with Crippen LogP contribution in [-0.2, 0) is 4.79 Å². The highest BCUT2D eigenvalue weighted by atomic mass is 16.3. The maximum absolute atomic E-state index is 12.5. The van der Waals surface area contributed by atoms with E-state index in [0.717, 1.165) is 44.9 Å². The van der Waals surface area contributed by atoms with Crippen LogP contribution in [0.15, 0.2) is 60.8 Å². The molecule has 0 aliphatic heterocycles. The summed E-state index contributed by atoms with van der Waals surface area (Å²) in [6.45, 7) is 4.32. The van der Waals surface area contributed by atoms with Crippen LogP contribution in [0.3, 0.4) is 0 Å². The van der Waals surface area contributed by atoms with E-state index in [-0.39, 0.29) is 12.5 Å². The molecule has 1 amide bonds. The number of rotatable bonds is 62. The third-order valence-electron chi connectivity index (χ3n) is 15.5. The minimum Gasteiger partial charge on any atom is -0.394 e. The van der Waals surface area contributed by atoms with E-state index in [9.17, 15) is 15.0 Å². The second-order valence-corrected chi connectivity index (χ2v) is 22.9. The maximum Gasteiger partial charge on any atom is 0.220 e. The Hall–Kier alpha value is -1.91. The van der Waals surface area contributed by atoms with E-state index in [4.69, 9.17) is 0 Å². The number of carbonyl (C=O) groups excluding carboxylic acids is 1. The molecule has 2 atom stereocenters. The smallest absolute Gasteiger partial charge is 0.220 e. The van der Waals surface area contributed by atoms with Crippen molar-refractivity contribution in [2.75, 3.05) is 6.61 Å². The van der Waals surface area contributed by atoms with E-state index in [2.05, 4.69) is 67.8 Å². The number of allylic oxidation sites excluding steroid dienone is 9. The van der Waals surface area contributed by atoms with Crippen molar-refractivity contribution in [2.24, 2.45) is 0 Å². The lowest BCUT2D eigenvalue weighted by atomic mass is 10.0. The molecule has 0 saturated carbocycles. The molecule has 0 heterocycles. The number of amides is 1. The first kappa shape index (κ1) is 72.1. The van der Waals surface area contributed by atoms with Crippen molar-refractivity contribution in [3.8, 4) is 0 Å². The van der Waals surface area contributed by atoms with Gasteiger partial charge in [-0.25, -0.2) is 0 Å². The van der Waals surface area contributed by atoms with E-state index in [0.29, 0.717) is 6.42 Å². The van der Waals surface area contributed by atoms with Gasteiger partial charge in [0.25, 0.3) is 0 Å². The molecule has 0 aromatic heterocycles. The van der Waals surface area contributed by atoms with Crippen LogP contribution in [0.1, 0.15) is 361 Å². The van der Waals surface area contributed by atoms with E-state index < -0.39 is 12.1 Å². The first-order chi connectivity index (χ1) is 36.7. The molecule has 0 fully saturated rings. The Bertz CT molecular complexity index is 1220. The molecule has 434 valence electrons. The second-order valence-electron chi connectivity index (χ2n) is 22.9. The molecule has 4 heteroatoms. The molecule has 0 rings (SSSR count). The van der Waals surface area contributed by atoms with Crippen molar-refractivity contribution in [3.63, 3.8) is 0 Å². The van der Waals surface area contributed by atoms with Gasteiger partial charge in [-0.05, 0) is 70.6 Å². The van der Waals surface area contributed by atoms with Gasteiger partial charge in [-0.2, -0.15) is 0 Å². The largest absolute Gasteiger partial charge is 0.394 e. The Kier molecular flexibility index (Phi) is 63.7. The average Bonchev–Trinajstić information content (AvgIpc) is 3.40. The number of aliphatic hydroxyl groups excluding tert-OH is 2. The quantitative estimate of drug-likeness (QED) is 0.0420. The monoisotopic (exact) mass is 1030 g/mol. The van der Waals surface area contributed by atoms with Gasteiger partial charge in [-0.3, -0.25) is 4.79 Å². The molecule has 0 aromatic rings. The average molecular weight is 1030 g/mol. The van der Waals surface area contributed by atoms with E-state index >= 15 is 0 Å². The highest BCUT2D eigenvalue weighted by molar-refractivity contribution is 5.76. The standard InChI is InChI=1S/C70H131NO3/c1-3-5-7-9-11-13-15-17-19-21-23-25-26-27-28-29-30-31-32-33-34-35-36-37-38-39-40-41-42-43-44-46-48-50-52-54-56-58-60-62-64-66-70(74)71-68(67-72)69(73)65-63-61-59-57-55-53-51-49-47-45-24-22-20-18-16-14-12-10-8-6-4-2/h15,17,21,23,26-27,55,57,63,65,68-69,72-73H,3-14,16,18-20,22,24-25,28-54,56,58-62,64,66-67H2,1-2H3,(H,71,74)/b17-15-,23-21-,27-26-,57-55+,65-63+. The summed E-state index contributed by atoms with van der Waals surface area (Å²) in [7, 11) is 0. The van der Waals surface area contributed by atoms with Crippen LogP contribution in [0.2, 0.25) is 0 Å². The molecule has 0 aromatic carbocycles. The summed E-state index contributed by atoms with van der Waals surface area (Å²) in [4.78, 5) is 12.5. The van der Waals surface area contributed by atoms with Gasteiger partial charge in [0.1, 0.15) is 0 Å². The maximum atomic E-state index is 12.5.